The van der Waals surface area contributed by atoms with Gasteiger partial charge < -0.3 is 15.2 Å². The maximum absolute atomic E-state index is 12.6. The van der Waals surface area contributed by atoms with Crippen molar-refractivity contribution in [3.8, 4) is 0 Å². The van der Waals surface area contributed by atoms with Crippen LogP contribution >= 0.6 is 11.3 Å². The number of hydrogen-bond acceptors (Lipinski definition) is 6. The van der Waals surface area contributed by atoms with Gasteiger partial charge in [-0.25, -0.2) is 4.98 Å². The minimum Gasteiger partial charge on any atom is -0.375 e. The van der Waals surface area contributed by atoms with Crippen LogP contribution in [0.4, 0.5) is 5.13 Å². The van der Waals surface area contributed by atoms with E-state index < -0.39 is 0 Å². The first-order valence-electron chi connectivity index (χ1n) is 7.36. The highest BCUT2D eigenvalue weighted by atomic mass is 32.1. The molecule has 0 radical (unpaired) electrons. The van der Waals surface area contributed by atoms with E-state index in [2.05, 4.69) is 33.6 Å². The van der Waals surface area contributed by atoms with Gasteiger partial charge >= 0.3 is 0 Å². The van der Waals surface area contributed by atoms with Crippen LogP contribution in [0.25, 0.3) is 0 Å². The molecule has 0 aliphatic carbocycles. The second kappa shape index (κ2) is 5.68. The summed E-state index contributed by atoms with van der Waals surface area (Å²) in [5, 5.41) is 8.81. The Balaban J connectivity index is 1.88. The van der Waals surface area contributed by atoms with Gasteiger partial charge in [-0.1, -0.05) is 25.2 Å². The molecule has 3 heterocycles. The van der Waals surface area contributed by atoms with Crippen molar-refractivity contribution in [2.75, 3.05) is 12.3 Å². The third-order valence-electron chi connectivity index (χ3n) is 3.83. The summed E-state index contributed by atoms with van der Waals surface area (Å²) in [7, 11) is 0. The lowest BCUT2D eigenvalue weighted by Gasteiger charge is -2.34. The van der Waals surface area contributed by atoms with Crippen LogP contribution in [0.1, 0.15) is 47.6 Å². The Kier molecular flexibility index (Phi) is 3.86. The van der Waals surface area contributed by atoms with Crippen LogP contribution in [0, 0.1) is 12.8 Å². The molecule has 1 amide bonds. The van der Waals surface area contributed by atoms with Crippen molar-refractivity contribution in [2.24, 2.45) is 5.92 Å². The van der Waals surface area contributed by atoms with Crippen molar-refractivity contribution in [3.05, 3.63) is 22.7 Å². The van der Waals surface area contributed by atoms with Crippen LogP contribution in [-0.4, -0.2) is 37.1 Å². The molecule has 2 N–H and O–H groups in total. The number of hydrogen-bond donors (Lipinski definition) is 1. The first-order valence-corrected chi connectivity index (χ1v) is 8.18. The Labute approximate surface area is 133 Å². The number of fused-ring (bicyclic) bond motifs is 1. The number of carbonyl (C=O) groups excluding carboxylic acids is 1. The Morgan fingerprint density at radius 1 is 1.50 bits per heavy atom. The predicted octanol–water partition coefficient (Wildman–Crippen LogP) is 1.87. The van der Waals surface area contributed by atoms with Crippen molar-refractivity contribution in [3.63, 3.8) is 0 Å². The molecule has 8 heteroatoms. The number of amides is 1. The summed E-state index contributed by atoms with van der Waals surface area (Å²) in [5.41, 5.74) is 5.63. The minimum atomic E-state index is -0.0325. The second-order valence-corrected chi connectivity index (χ2v) is 7.13. The first-order chi connectivity index (χ1) is 10.5. The van der Waals surface area contributed by atoms with E-state index in [0.29, 0.717) is 29.0 Å². The van der Waals surface area contributed by atoms with E-state index in [9.17, 15) is 4.79 Å². The van der Waals surface area contributed by atoms with E-state index in [1.54, 1.807) is 6.20 Å². The average molecular weight is 320 g/mol. The molecule has 1 aliphatic heterocycles. The molecule has 0 saturated carbocycles. The molecule has 0 fully saturated rings. The lowest BCUT2D eigenvalue weighted by Crippen LogP contribution is -2.41. The Hall–Kier alpha value is -1.96. The van der Waals surface area contributed by atoms with Gasteiger partial charge in [0.2, 0.25) is 0 Å². The molecule has 2 aromatic heterocycles. The molecular formula is C14H20N6OS. The molecule has 22 heavy (non-hydrogen) atoms. The Bertz CT molecular complexity index is 691. The van der Waals surface area contributed by atoms with Gasteiger partial charge in [0.25, 0.3) is 5.91 Å². The summed E-state index contributed by atoms with van der Waals surface area (Å²) in [5.74, 6) is 2.26. The highest BCUT2D eigenvalue weighted by Crippen LogP contribution is 2.28. The fourth-order valence-corrected chi connectivity index (χ4v) is 3.64. The van der Waals surface area contributed by atoms with Crippen LogP contribution < -0.4 is 5.73 Å². The molecule has 7 nitrogen and oxygen atoms in total. The number of nitrogen functional groups attached to an aromatic ring is 1. The highest BCUT2D eigenvalue weighted by Gasteiger charge is 2.31. The number of rotatable bonds is 3. The monoisotopic (exact) mass is 320 g/mol. The number of anilines is 1. The maximum Gasteiger partial charge on any atom is 0.266 e. The lowest BCUT2D eigenvalue weighted by molar-refractivity contribution is 0.0665. The number of nitrogens with zero attached hydrogens (tertiary/aromatic N) is 5. The van der Waals surface area contributed by atoms with E-state index in [-0.39, 0.29) is 11.9 Å². The zero-order valence-electron chi connectivity index (χ0n) is 13.0. The third kappa shape index (κ3) is 2.70. The topological polar surface area (TPSA) is 89.9 Å². The number of nitrogens with two attached hydrogens (primary N) is 1. The summed E-state index contributed by atoms with van der Waals surface area (Å²) < 4.78 is 2.17. The molecule has 1 atom stereocenters. The molecule has 0 unspecified atom stereocenters. The molecule has 0 bridgehead atoms. The molecular weight excluding hydrogens is 300 g/mol. The predicted molar refractivity (Wildman–Crippen MR) is 84.5 cm³/mol. The van der Waals surface area contributed by atoms with Crippen molar-refractivity contribution in [1.29, 1.82) is 0 Å². The molecule has 118 valence electrons. The van der Waals surface area contributed by atoms with Crippen molar-refractivity contribution in [1.82, 2.24) is 24.6 Å². The fourth-order valence-electron chi connectivity index (χ4n) is 2.99. The van der Waals surface area contributed by atoms with Gasteiger partial charge in [0.15, 0.2) is 11.0 Å². The van der Waals surface area contributed by atoms with Gasteiger partial charge in [-0.3, -0.25) is 4.79 Å². The number of aromatic nitrogens is 4. The Morgan fingerprint density at radius 3 is 2.91 bits per heavy atom. The van der Waals surface area contributed by atoms with E-state index in [1.165, 1.54) is 11.3 Å². The van der Waals surface area contributed by atoms with Gasteiger partial charge in [-0.15, -0.1) is 10.2 Å². The average Bonchev–Trinajstić information content (AvgIpc) is 3.04. The summed E-state index contributed by atoms with van der Waals surface area (Å²) in [4.78, 5) is 19.0. The van der Waals surface area contributed by atoms with Crippen LogP contribution in [0.15, 0.2) is 6.20 Å². The van der Waals surface area contributed by atoms with E-state index in [1.807, 2.05) is 11.8 Å². The lowest BCUT2D eigenvalue weighted by atomic mass is 10.0. The van der Waals surface area contributed by atoms with Gasteiger partial charge in [0.05, 0.1) is 18.8 Å². The minimum absolute atomic E-state index is 0.0325. The number of aryl methyl sites for hydroxylation is 1. The quantitative estimate of drug-likeness (QED) is 0.932. The number of thiazole rings is 1. The maximum atomic E-state index is 12.6. The van der Waals surface area contributed by atoms with Crippen LogP contribution in [0.3, 0.4) is 0 Å². The van der Waals surface area contributed by atoms with Crippen LogP contribution in [0.2, 0.25) is 0 Å². The fraction of sp³-hybridized carbons (Fsp3) is 0.571. The third-order valence-corrected chi connectivity index (χ3v) is 4.64. The molecule has 0 saturated heterocycles. The van der Waals surface area contributed by atoms with E-state index in [0.717, 1.165) is 18.1 Å². The van der Waals surface area contributed by atoms with Gasteiger partial charge in [-0.2, -0.15) is 0 Å². The smallest absolute Gasteiger partial charge is 0.266 e. The normalized spacial score (nSPS) is 17.8. The zero-order chi connectivity index (χ0) is 15.9. The molecule has 1 aliphatic rings. The van der Waals surface area contributed by atoms with Crippen LogP contribution in [0.5, 0.6) is 0 Å². The summed E-state index contributed by atoms with van der Waals surface area (Å²) in [6, 6.07) is 0.216. The molecule has 2 aromatic rings. The molecule has 0 aromatic carbocycles. The van der Waals surface area contributed by atoms with Crippen molar-refractivity contribution < 1.29 is 4.79 Å². The van der Waals surface area contributed by atoms with Gasteiger partial charge in [0.1, 0.15) is 10.7 Å². The van der Waals surface area contributed by atoms with Crippen molar-refractivity contribution >= 4 is 22.4 Å². The van der Waals surface area contributed by atoms with E-state index in [4.69, 9.17) is 5.73 Å². The standard InChI is InChI=1S/C14H20N6OS/c1-8(2)4-10-6-19(7-12-18-17-9(3)20(10)12)13(21)11-5-16-14(15)22-11/h5,8,10H,4,6-7H2,1-3H3,(H2,15,16)/t10-/m0/s1. The van der Waals surface area contributed by atoms with Gasteiger partial charge in [-0.05, 0) is 19.3 Å². The van der Waals surface area contributed by atoms with Gasteiger partial charge in [0, 0.05) is 6.54 Å². The molecule has 0 spiro atoms. The Morgan fingerprint density at radius 2 is 2.27 bits per heavy atom. The summed E-state index contributed by atoms with van der Waals surface area (Å²) >= 11 is 1.22. The van der Waals surface area contributed by atoms with E-state index >= 15 is 0 Å². The number of carbonyl (C=O) groups is 1. The largest absolute Gasteiger partial charge is 0.375 e. The summed E-state index contributed by atoms with van der Waals surface area (Å²) in [6.45, 7) is 7.48. The second-order valence-electron chi connectivity index (χ2n) is 6.07. The summed E-state index contributed by atoms with van der Waals surface area (Å²) in [6.07, 6.45) is 2.53. The molecule has 3 rings (SSSR count). The zero-order valence-corrected chi connectivity index (χ0v) is 13.8. The van der Waals surface area contributed by atoms with Crippen LogP contribution in [-0.2, 0) is 6.54 Å². The van der Waals surface area contributed by atoms with Crippen molar-refractivity contribution in [2.45, 2.75) is 39.8 Å². The first kappa shape index (κ1) is 15.0. The SMILES string of the molecule is Cc1nnc2n1[C@@H](CC(C)C)CN(C(=O)c1cnc(N)s1)C2. The highest BCUT2D eigenvalue weighted by molar-refractivity contribution is 7.17.